The van der Waals surface area contributed by atoms with E-state index in [9.17, 15) is 9.59 Å². The first-order valence-electron chi connectivity index (χ1n) is 8.91. The highest BCUT2D eigenvalue weighted by Crippen LogP contribution is 2.25. The Bertz CT molecular complexity index is 805. The molecule has 2 aliphatic heterocycles. The molecule has 25 heavy (non-hydrogen) atoms. The molecule has 6 heteroatoms. The largest absolute Gasteiger partial charge is 0.497 e. The van der Waals surface area contributed by atoms with Crippen LogP contribution in [-0.4, -0.2) is 59.4 Å². The van der Waals surface area contributed by atoms with Crippen LogP contribution in [-0.2, 0) is 4.79 Å². The van der Waals surface area contributed by atoms with Crippen molar-refractivity contribution in [3.05, 3.63) is 30.0 Å². The summed E-state index contributed by atoms with van der Waals surface area (Å²) in [5.74, 6) is 1.07. The van der Waals surface area contributed by atoms with Gasteiger partial charge in [-0.1, -0.05) is 0 Å². The van der Waals surface area contributed by atoms with Crippen molar-refractivity contribution < 1.29 is 14.3 Å². The van der Waals surface area contributed by atoms with Gasteiger partial charge in [0.25, 0.3) is 5.91 Å². The second-order valence-electron chi connectivity index (χ2n) is 6.85. The molecule has 1 aromatic carbocycles. The van der Waals surface area contributed by atoms with Crippen LogP contribution in [0.1, 0.15) is 36.2 Å². The minimum Gasteiger partial charge on any atom is -0.497 e. The molecule has 132 valence electrons. The molecule has 2 saturated heterocycles. The fourth-order valence-electron chi connectivity index (χ4n) is 3.95. The number of fused-ring (bicyclic) bond motifs is 1. The van der Waals surface area contributed by atoms with Gasteiger partial charge in [-0.05, 0) is 37.5 Å². The van der Waals surface area contributed by atoms with E-state index in [1.807, 2.05) is 34.1 Å². The summed E-state index contributed by atoms with van der Waals surface area (Å²) in [5.41, 5.74) is 1.51. The predicted molar refractivity (Wildman–Crippen MR) is 94.7 cm³/mol. The molecule has 2 amide bonds. The summed E-state index contributed by atoms with van der Waals surface area (Å²) in [6.07, 6.45) is 3.38. The van der Waals surface area contributed by atoms with Crippen molar-refractivity contribution in [1.82, 2.24) is 14.8 Å². The Morgan fingerprint density at radius 1 is 1.20 bits per heavy atom. The molecule has 0 bridgehead atoms. The molecule has 6 nitrogen and oxygen atoms in total. The van der Waals surface area contributed by atoms with Crippen LogP contribution >= 0.6 is 0 Å². The molecule has 1 N–H and O–H groups in total. The van der Waals surface area contributed by atoms with E-state index in [0.717, 1.165) is 42.5 Å². The van der Waals surface area contributed by atoms with Crippen molar-refractivity contribution in [3.63, 3.8) is 0 Å². The second kappa shape index (κ2) is 6.43. The van der Waals surface area contributed by atoms with Gasteiger partial charge >= 0.3 is 0 Å². The van der Waals surface area contributed by atoms with Crippen molar-refractivity contribution in [2.45, 2.75) is 31.7 Å². The average molecular weight is 341 g/mol. The van der Waals surface area contributed by atoms with Crippen molar-refractivity contribution in [2.24, 2.45) is 0 Å². The van der Waals surface area contributed by atoms with E-state index in [1.54, 1.807) is 7.11 Å². The standard InChI is InChI=1S/C19H23N3O3/c1-25-15-5-4-13-11-17(20-16(13)12-15)19(24)21-9-6-14(7-10-21)22-8-2-3-18(22)23/h4-5,11-12,14,20H,2-3,6-10H2,1H3. The van der Waals surface area contributed by atoms with E-state index >= 15 is 0 Å². The molecule has 0 radical (unpaired) electrons. The van der Waals surface area contributed by atoms with Crippen molar-refractivity contribution >= 4 is 22.7 Å². The molecular formula is C19H23N3O3. The molecule has 4 rings (SSSR count). The number of methoxy groups -OCH3 is 1. The molecule has 0 unspecified atom stereocenters. The molecule has 2 aliphatic rings. The predicted octanol–water partition coefficient (Wildman–Crippen LogP) is 2.40. The number of benzene rings is 1. The van der Waals surface area contributed by atoms with Crippen molar-refractivity contribution in [1.29, 1.82) is 0 Å². The van der Waals surface area contributed by atoms with Gasteiger partial charge in [0.1, 0.15) is 11.4 Å². The summed E-state index contributed by atoms with van der Waals surface area (Å²) in [5, 5.41) is 1.00. The molecule has 0 atom stereocenters. The van der Waals surface area contributed by atoms with Crippen LogP contribution in [0.25, 0.3) is 10.9 Å². The van der Waals surface area contributed by atoms with Gasteiger partial charge in [0, 0.05) is 49.1 Å². The highest BCUT2D eigenvalue weighted by Gasteiger charge is 2.32. The summed E-state index contributed by atoms with van der Waals surface area (Å²) < 4.78 is 5.23. The number of carbonyl (C=O) groups is 2. The first-order valence-corrected chi connectivity index (χ1v) is 8.91. The SMILES string of the molecule is COc1ccc2cc(C(=O)N3CCC(N4CCCC4=O)CC3)[nH]c2c1. The first-order chi connectivity index (χ1) is 12.2. The van der Waals surface area contributed by atoms with Crippen LogP contribution in [0.4, 0.5) is 0 Å². The lowest BCUT2D eigenvalue weighted by molar-refractivity contribution is -0.130. The van der Waals surface area contributed by atoms with E-state index in [2.05, 4.69) is 4.98 Å². The average Bonchev–Trinajstić information content (AvgIpc) is 3.26. The van der Waals surface area contributed by atoms with Crippen LogP contribution in [0.2, 0.25) is 0 Å². The Morgan fingerprint density at radius 3 is 2.68 bits per heavy atom. The topological polar surface area (TPSA) is 65.6 Å². The van der Waals surface area contributed by atoms with E-state index in [-0.39, 0.29) is 11.8 Å². The minimum absolute atomic E-state index is 0.0290. The molecule has 0 spiro atoms. The number of likely N-dealkylation sites (tertiary alicyclic amines) is 2. The second-order valence-corrected chi connectivity index (χ2v) is 6.85. The maximum atomic E-state index is 12.8. The van der Waals surface area contributed by atoms with Crippen LogP contribution in [0.3, 0.4) is 0 Å². The molecular weight excluding hydrogens is 318 g/mol. The Labute approximate surface area is 146 Å². The lowest BCUT2D eigenvalue weighted by atomic mass is 10.0. The van der Waals surface area contributed by atoms with Crippen molar-refractivity contribution in [3.8, 4) is 5.75 Å². The summed E-state index contributed by atoms with van der Waals surface area (Å²) in [6, 6.07) is 7.94. The number of hydrogen-bond acceptors (Lipinski definition) is 3. The molecule has 0 saturated carbocycles. The van der Waals surface area contributed by atoms with E-state index in [1.165, 1.54) is 0 Å². The lowest BCUT2D eigenvalue weighted by Gasteiger charge is -2.36. The number of aromatic nitrogens is 1. The number of nitrogens with zero attached hydrogens (tertiary/aromatic N) is 2. The number of nitrogens with one attached hydrogen (secondary N) is 1. The zero-order valence-electron chi connectivity index (χ0n) is 14.5. The molecule has 0 aliphatic carbocycles. The number of carbonyl (C=O) groups excluding carboxylic acids is 2. The van der Waals surface area contributed by atoms with E-state index in [4.69, 9.17) is 4.74 Å². The summed E-state index contributed by atoms with van der Waals surface area (Å²) in [7, 11) is 1.63. The number of amides is 2. The van der Waals surface area contributed by atoms with Crippen LogP contribution in [0.15, 0.2) is 24.3 Å². The van der Waals surface area contributed by atoms with Gasteiger partial charge in [0.15, 0.2) is 0 Å². The lowest BCUT2D eigenvalue weighted by Crippen LogP contribution is -2.47. The van der Waals surface area contributed by atoms with Crippen LogP contribution in [0, 0.1) is 0 Å². The molecule has 2 fully saturated rings. The fourth-order valence-corrected chi connectivity index (χ4v) is 3.95. The Morgan fingerprint density at radius 2 is 2.00 bits per heavy atom. The third kappa shape index (κ3) is 2.97. The third-order valence-corrected chi connectivity index (χ3v) is 5.36. The summed E-state index contributed by atoms with van der Waals surface area (Å²) in [6.45, 7) is 2.28. The van der Waals surface area contributed by atoms with Gasteiger partial charge < -0.3 is 19.5 Å². The number of H-pyrrole nitrogens is 1. The van der Waals surface area contributed by atoms with E-state index < -0.39 is 0 Å². The normalized spacial score (nSPS) is 19.0. The van der Waals surface area contributed by atoms with Crippen LogP contribution < -0.4 is 4.74 Å². The van der Waals surface area contributed by atoms with Gasteiger partial charge in [-0.3, -0.25) is 9.59 Å². The van der Waals surface area contributed by atoms with Gasteiger partial charge in [-0.25, -0.2) is 0 Å². The highest BCUT2D eigenvalue weighted by molar-refractivity contribution is 5.98. The number of rotatable bonds is 3. The summed E-state index contributed by atoms with van der Waals surface area (Å²) in [4.78, 5) is 31.8. The van der Waals surface area contributed by atoms with Gasteiger partial charge in [0.2, 0.25) is 5.91 Å². The number of hydrogen-bond donors (Lipinski definition) is 1. The number of piperidine rings is 1. The fraction of sp³-hybridized carbons (Fsp3) is 0.474. The zero-order chi connectivity index (χ0) is 17.4. The van der Waals surface area contributed by atoms with Gasteiger partial charge in [0.05, 0.1) is 7.11 Å². The van der Waals surface area contributed by atoms with Gasteiger partial charge in [-0.2, -0.15) is 0 Å². The highest BCUT2D eigenvalue weighted by atomic mass is 16.5. The Hall–Kier alpha value is -2.50. The summed E-state index contributed by atoms with van der Waals surface area (Å²) >= 11 is 0. The zero-order valence-corrected chi connectivity index (χ0v) is 14.5. The monoisotopic (exact) mass is 341 g/mol. The minimum atomic E-state index is 0.0290. The Kier molecular flexibility index (Phi) is 4.11. The molecule has 3 heterocycles. The van der Waals surface area contributed by atoms with Gasteiger partial charge in [-0.15, -0.1) is 0 Å². The maximum Gasteiger partial charge on any atom is 0.270 e. The smallest absolute Gasteiger partial charge is 0.270 e. The first kappa shape index (κ1) is 16.0. The number of ether oxygens (including phenoxy) is 1. The van der Waals surface area contributed by atoms with Crippen LogP contribution in [0.5, 0.6) is 5.75 Å². The quantitative estimate of drug-likeness (QED) is 0.932. The molecule has 2 aromatic rings. The Balaban J connectivity index is 1.44. The maximum absolute atomic E-state index is 12.8. The number of aromatic amines is 1. The van der Waals surface area contributed by atoms with Crippen molar-refractivity contribution in [2.75, 3.05) is 26.7 Å². The van der Waals surface area contributed by atoms with E-state index in [0.29, 0.717) is 31.2 Å². The molecule has 1 aromatic heterocycles. The third-order valence-electron chi connectivity index (χ3n) is 5.36.